The van der Waals surface area contributed by atoms with E-state index in [4.69, 9.17) is 10.5 Å². The molecule has 0 aliphatic heterocycles. The van der Waals surface area contributed by atoms with Gasteiger partial charge in [-0.1, -0.05) is 6.07 Å². The van der Waals surface area contributed by atoms with Gasteiger partial charge in [-0.05, 0) is 42.8 Å². The van der Waals surface area contributed by atoms with Crippen LogP contribution in [0.1, 0.15) is 5.56 Å². The number of aryl methyl sites for hydroxylation is 1. The maximum Gasteiger partial charge on any atom is 0.573 e. The maximum absolute atomic E-state index is 12.1. The third kappa shape index (κ3) is 3.81. The Kier molecular flexibility index (Phi) is 3.74. The first kappa shape index (κ1) is 14.0. The van der Waals surface area contributed by atoms with Gasteiger partial charge in [0.1, 0.15) is 17.2 Å². The summed E-state index contributed by atoms with van der Waals surface area (Å²) in [6.45, 7) is 1.79. The van der Waals surface area contributed by atoms with Crippen LogP contribution in [0.5, 0.6) is 17.2 Å². The predicted octanol–water partition coefficient (Wildman–Crippen LogP) is 4.27. The number of rotatable bonds is 3. The van der Waals surface area contributed by atoms with Crippen LogP contribution in [0.3, 0.4) is 0 Å². The lowest BCUT2D eigenvalue weighted by Gasteiger charge is -2.12. The van der Waals surface area contributed by atoms with Gasteiger partial charge in [0.25, 0.3) is 0 Å². The Morgan fingerprint density at radius 1 is 1.00 bits per heavy atom. The number of hydrogen-bond acceptors (Lipinski definition) is 3. The SMILES string of the molecule is Cc1cc(N)ccc1Oc1cccc(OC(F)(F)F)c1. The number of benzene rings is 2. The van der Waals surface area contributed by atoms with Crippen LogP contribution in [0.25, 0.3) is 0 Å². The third-order valence-electron chi connectivity index (χ3n) is 2.47. The molecular formula is C14H12F3NO2. The van der Waals surface area contributed by atoms with Crippen molar-refractivity contribution >= 4 is 5.69 Å². The molecule has 0 aliphatic rings. The molecule has 0 aliphatic carbocycles. The van der Waals surface area contributed by atoms with E-state index in [-0.39, 0.29) is 11.5 Å². The molecule has 0 radical (unpaired) electrons. The highest BCUT2D eigenvalue weighted by atomic mass is 19.4. The predicted molar refractivity (Wildman–Crippen MR) is 68.8 cm³/mol. The van der Waals surface area contributed by atoms with Crippen LogP contribution in [0, 0.1) is 6.92 Å². The molecule has 0 amide bonds. The molecule has 6 heteroatoms. The zero-order valence-electron chi connectivity index (χ0n) is 10.6. The molecule has 0 saturated heterocycles. The van der Waals surface area contributed by atoms with Gasteiger partial charge in [-0.2, -0.15) is 0 Å². The molecular weight excluding hydrogens is 271 g/mol. The van der Waals surface area contributed by atoms with Crippen LogP contribution in [0.4, 0.5) is 18.9 Å². The highest BCUT2D eigenvalue weighted by molar-refractivity contribution is 5.48. The van der Waals surface area contributed by atoms with E-state index in [0.717, 1.165) is 5.56 Å². The van der Waals surface area contributed by atoms with Crippen molar-refractivity contribution in [1.82, 2.24) is 0 Å². The number of anilines is 1. The van der Waals surface area contributed by atoms with Crippen LogP contribution in [-0.4, -0.2) is 6.36 Å². The van der Waals surface area contributed by atoms with Gasteiger partial charge in [-0.15, -0.1) is 13.2 Å². The molecule has 0 fully saturated rings. The van der Waals surface area contributed by atoms with Gasteiger partial charge in [-0.3, -0.25) is 0 Å². The Balaban J connectivity index is 2.19. The minimum Gasteiger partial charge on any atom is -0.457 e. The fourth-order valence-electron chi connectivity index (χ4n) is 1.65. The minimum atomic E-state index is -4.73. The molecule has 0 bridgehead atoms. The second-order valence-corrected chi connectivity index (χ2v) is 4.15. The summed E-state index contributed by atoms with van der Waals surface area (Å²) in [5.74, 6) is 0.436. The average Bonchev–Trinajstić information content (AvgIpc) is 2.31. The molecule has 0 saturated carbocycles. The van der Waals surface area contributed by atoms with E-state index in [2.05, 4.69) is 4.74 Å². The zero-order valence-corrected chi connectivity index (χ0v) is 10.6. The second-order valence-electron chi connectivity index (χ2n) is 4.15. The smallest absolute Gasteiger partial charge is 0.457 e. The fourth-order valence-corrected chi connectivity index (χ4v) is 1.65. The molecule has 2 aromatic carbocycles. The number of hydrogen-bond donors (Lipinski definition) is 1. The van der Waals surface area contributed by atoms with Gasteiger partial charge in [-0.25, -0.2) is 0 Å². The lowest BCUT2D eigenvalue weighted by Crippen LogP contribution is -2.17. The van der Waals surface area contributed by atoms with E-state index in [1.54, 1.807) is 31.2 Å². The third-order valence-corrected chi connectivity index (χ3v) is 2.47. The minimum absolute atomic E-state index is 0.250. The van der Waals surface area contributed by atoms with Crippen LogP contribution in [0.2, 0.25) is 0 Å². The normalized spacial score (nSPS) is 11.2. The Bertz CT molecular complexity index is 612. The fraction of sp³-hybridized carbons (Fsp3) is 0.143. The van der Waals surface area contributed by atoms with Gasteiger partial charge in [0, 0.05) is 11.8 Å². The lowest BCUT2D eigenvalue weighted by molar-refractivity contribution is -0.274. The summed E-state index contributed by atoms with van der Waals surface area (Å²) < 4.78 is 45.7. The summed E-state index contributed by atoms with van der Waals surface area (Å²) in [5.41, 5.74) is 6.99. The van der Waals surface area contributed by atoms with Crippen molar-refractivity contribution < 1.29 is 22.6 Å². The first-order valence-corrected chi connectivity index (χ1v) is 5.73. The topological polar surface area (TPSA) is 44.5 Å². The number of alkyl halides is 3. The summed E-state index contributed by atoms with van der Waals surface area (Å²) in [6.07, 6.45) is -4.73. The molecule has 20 heavy (non-hydrogen) atoms. The van der Waals surface area contributed by atoms with E-state index in [1.807, 2.05) is 0 Å². The highest BCUT2D eigenvalue weighted by Gasteiger charge is 2.31. The molecule has 2 N–H and O–H groups in total. The van der Waals surface area contributed by atoms with Crippen molar-refractivity contribution in [3.8, 4) is 17.2 Å². The van der Waals surface area contributed by atoms with Gasteiger partial charge in [0.05, 0.1) is 0 Å². The molecule has 0 unspecified atom stereocenters. The summed E-state index contributed by atoms with van der Waals surface area (Å²) in [4.78, 5) is 0. The quantitative estimate of drug-likeness (QED) is 0.856. The average molecular weight is 283 g/mol. The van der Waals surface area contributed by atoms with E-state index < -0.39 is 6.36 Å². The Morgan fingerprint density at radius 2 is 1.70 bits per heavy atom. The molecule has 3 nitrogen and oxygen atoms in total. The highest BCUT2D eigenvalue weighted by Crippen LogP contribution is 2.30. The van der Waals surface area contributed by atoms with E-state index in [9.17, 15) is 13.2 Å². The van der Waals surface area contributed by atoms with Crippen molar-refractivity contribution in [2.75, 3.05) is 5.73 Å². The molecule has 0 aromatic heterocycles. The van der Waals surface area contributed by atoms with Crippen molar-refractivity contribution in [1.29, 1.82) is 0 Å². The molecule has 0 heterocycles. The first-order valence-electron chi connectivity index (χ1n) is 5.73. The standard InChI is InChI=1S/C14H12F3NO2/c1-9-7-10(18)5-6-13(9)19-11-3-2-4-12(8-11)20-14(15,16)17/h2-8H,18H2,1H3. The zero-order chi connectivity index (χ0) is 14.8. The largest absolute Gasteiger partial charge is 0.573 e. The van der Waals surface area contributed by atoms with E-state index >= 15 is 0 Å². The number of nitrogens with two attached hydrogens (primary N) is 1. The molecule has 2 rings (SSSR count). The number of ether oxygens (including phenoxy) is 2. The maximum atomic E-state index is 12.1. The molecule has 2 aromatic rings. The van der Waals surface area contributed by atoms with Crippen molar-refractivity contribution in [2.45, 2.75) is 13.3 Å². The summed E-state index contributed by atoms with van der Waals surface area (Å²) >= 11 is 0. The second kappa shape index (κ2) is 5.32. The van der Waals surface area contributed by atoms with Crippen LogP contribution in [-0.2, 0) is 0 Å². The Hall–Kier alpha value is -2.37. The van der Waals surface area contributed by atoms with Crippen molar-refractivity contribution in [2.24, 2.45) is 0 Å². The van der Waals surface area contributed by atoms with Crippen molar-refractivity contribution in [3.63, 3.8) is 0 Å². The van der Waals surface area contributed by atoms with Gasteiger partial charge >= 0.3 is 6.36 Å². The first-order chi connectivity index (χ1) is 9.33. The lowest BCUT2D eigenvalue weighted by atomic mass is 10.2. The van der Waals surface area contributed by atoms with Crippen LogP contribution in [0.15, 0.2) is 42.5 Å². The summed E-state index contributed by atoms with van der Waals surface area (Å²) in [6, 6.07) is 10.4. The van der Waals surface area contributed by atoms with E-state index in [0.29, 0.717) is 11.4 Å². The van der Waals surface area contributed by atoms with Gasteiger partial charge in [0.15, 0.2) is 0 Å². The van der Waals surface area contributed by atoms with E-state index in [1.165, 1.54) is 18.2 Å². The van der Waals surface area contributed by atoms with Gasteiger partial charge in [0.2, 0.25) is 0 Å². The van der Waals surface area contributed by atoms with Crippen LogP contribution < -0.4 is 15.2 Å². The van der Waals surface area contributed by atoms with Crippen LogP contribution >= 0.6 is 0 Å². The monoisotopic (exact) mass is 283 g/mol. The summed E-state index contributed by atoms with van der Waals surface area (Å²) in [7, 11) is 0. The summed E-state index contributed by atoms with van der Waals surface area (Å²) in [5, 5.41) is 0. The Labute approximate surface area is 113 Å². The van der Waals surface area contributed by atoms with Crippen molar-refractivity contribution in [3.05, 3.63) is 48.0 Å². The number of nitrogen functional groups attached to an aromatic ring is 1. The molecule has 106 valence electrons. The number of halogens is 3. The van der Waals surface area contributed by atoms with Gasteiger partial charge < -0.3 is 15.2 Å². The molecule has 0 spiro atoms. The Morgan fingerprint density at radius 3 is 2.35 bits per heavy atom. The molecule has 0 atom stereocenters.